The molecule has 0 fully saturated rings. The van der Waals surface area contributed by atoms with Crippen LogP contribution in [-0.4, -0.2) is 4.57 Å². The fraction of sp³-hybridized carbons (Fsp3) is 0. The molecule has 2 heterocycles. The summed E-state index contributed by atoms with van der Waals surface area (Å²) in [6.45, 7) is 0. The van der Waals surface area contributed by atoms with Crippen LogP contribution in [0.15, 0.2) is 84.9 Å². The molecule has 128 valence electrons. The standard InChI is InChI=1S/C24H14ClNS/c25-15-10-12-20-19(14-15)23-21(26(20)16-6-2-1-3-7-16)13-11-18-17-8-4-5-9-22(17)27-24(18)23/h1-14H. The fourth-order valence-electron chi connectivity index (χ4n) is 4.11. The van der Waals surface area contributed by atoms with E-state index in [0.717, 1.165) is 5.02 Å². The minimum atomic E-state index is 0.771. The van der Waals surface area contributed by atoms with Gasteiger partial charge in [-0.25, -0.2) is 0 Å². The van der Waals surface area contributed by atoms with E-state index in [1.165, 1.54) is 47.7 Å². The Morgan fingerprint density at radius 3 is 2.33 bits per heavy atom. The molecule has 3 heteroatoms. The van der Waals surface area contributed by atoms with E-state index in [4.69, 9.17) is 11.6 Å². The smallest absolute Gasteiger partial charge is 0.0555 e. The van der Waals surface area contributed by atoms with Crippen molar-refractivity contribution in [1.29, 1.82) is 0 Å². The molecule has 0 aliphatic heterocycles. The molecular formula is C24H14ClNS. The predicted molar refractivity (Wildman–Crippen MR) is 119 cm³/mol. The summed E-state index contributed by atoms with van der Waals surface area (Å²) >= 11 is 8.26. The summed E-state index contributed by atoms with van der Waals surface area (Å²) in [5, 5.41) is 5.90. The van der Waals surface area contributed by atoms with Crippen LogP contribution in [0, 0.1) is 0 Å². The zero-order chi connectivity index (χ0) is 18.0. The number of hydrogen-bond donors (Lipinski definition) is 0. The monoisotopic (exact) mass is 383 g/mol. The van der Waals surface area contributed by atoms with E-state index in [9.17, 15) is 0 Å². The van der Waals surface area contributed by atoms with E-state index in [2.05, 4.69) is 83.4 Å². The van der Waals surface area contributed by atoms with Crippen molar-refractivity contribution in [3.63, 3.8) is 0 Å². The summed E-state index contributed by atoms with van der Waals surface area (Å²) < 4.78 is 4.99. The van der Waals surface area contributed by atoms with Crippen LogP contribution in [-0.2, 0) is 0 Å². The normalized spacial score (nSPS) is 11.9. The Morgan fingerprint density at radius 1 is 0.667 bits per heavy atom. The summed E-state index contributed by atoms with van der Waals surface area (Å²) in [5.41, 5.74) is 3.57. The maximum Gasteiger partial charge on any atom is 0.0555 e. The van der Waals surface area contributed by atoms with Crippen LogP contribution >= 0.6 is 22.9 Å². The maximum absolute atomic E-state index is 6.40. The first-order valence-electron chi connectivity index (χ1n) is 8.90. The van der Waals surface area contributed by atoms with Gasteiger partial charge in [-0.2, -0.15) is 0 Å². The van der Waals surface area contributed by atoms with Crippen molar-refractivity contribution in [3.05, 3.63) is 90.0 Å². The van der Waals surface area contributed by atoms with Crippen LogP contribution in [0.25, 0.3) is 47.7 Å². The number of benzene rings is 4. The topological polar surface area (TPSA) is 4.93 Å². The molecule has 0 saturated carbocycles. The molecule has 1 nitrogen and oxygen atoms in total. The second-order valence-corrected chi connectivity index (χ2v) is 8.26. The molecule has 6 rings (SSSR count). The van der Waals surface area contributed by atoms with Crippen molar-refractivity contribution < 1.29 is 0 Å². The third-order valence-electron chi connectivity index (χ3n) is 5.25. The van der Waals surface area contributed by atoms with Crippen molar-refractivity contribution in [2.45, 2.75) is 0 Å². The van der Waals surface area contributed by atoms with Gasteiger partial charge in [-0.3, -0.25) is 0 Å². The summed E-state index contributed by atoms with van der Waals surface area (Å²) in [7, 11) is 0. The number of rotatable bonds is 1. The Morgan fingerprint density at radius 2 is 1.44 bits per heavy atom. The maximum atomic E-state index is 6.40. The lowest BCUT2D eigenvalue weighted by Gasteiger charge is -2.07. The van der Waals surface area contributed by atoms with Gasteiger partial charge in [-0.15, -0.1) is 11.3 Å². The molecule has 0 amide bonds. The van der Waals surface area contributed by atoms with Crippen molar-refractivity contribution in [1.82, 2.24) is 4.57 Å². The van der Waals surface area contributed by atoms with Gasteiger partial charge >= 0.3 is 0 Å². The van der Waals surface area contributed by atoms with E-state index >= 15 is 0 Å². The van der Waals surface area contributed by atoms with E-state index in [-0.39, 0.29) is 0 Å². The van der Waals surface area contributed by atoms with Gasteiger partial charge in [0, 0.05) is 41.7 Å². The van der Waals surface area contributed by atoms with Gasteiger partial charge in [0.05, 0.1) is 11.0 Å². The van der Waals surface area contributed by atoms with E-state index in [0.29, 0.717) is 0 Å². The second-order valence-electron chi connectivity index (χ2n) is 6.77. The van der Waals surface area contributed by atoms with Crippen LogP contribution in [0.3, 0.4) is 0 Å². The predicted octanol–water partition coefficient (Wildman–Crippen LogP) is 7.81. The molecule has 0 unspecified atom stereocenters. The van der Waals surface area contributed by atoms with E-state index in [1.54, 1.807) is 0 Å². The lowest BCUT2D eigenvalue weighted by atomic mass is 10.1. The quantitative estimate of drug-likeness (QED) is 0.273. The van der Waals surface area contributed by atoms with Gasteiger partial charge < -0.3 is 4.57 Å². The summed E-state index contributed by atoms with van der Waals surface area (Å²) in [4.78, 5) is 0. The molecule has 27 heavy (non-hydrogen) atoms. The molecule has 6 aromatic rings. The Labute approximate surface area is 165 Å². The first-order chi connectivity index (χ1) is 13.3. The van der Waals surface area contributed by atoms with Crippen molar-refractivity contribution in [2.75, 3.05) is 0 Å². The highest BCUT2D eigenvalue weighted by Crippen LogP contribution is 2.43. The van der Waals surface area contributed by atoms with Crippen molar-refractivity contribution in [3.8, 4) is 5.69 Å². The number of halogens is 1. The molecule has 0 radical (unpaired) electrons. The Kier molecular flexibility index (Phi) is 3.16. The first kappa shape index (κ1) is 15.3. The lowest BCUT2D eigenvalue weighted by Crippen LogP contribution is -1.92. The second kappa shape index (κ2) is 5.59. The van der Waals surface area contributed by atoms with Crippen LogP contribution in [0.2, 0.25) is 5.02 Å². The molecule has 0 bridgehead atoms. The molecule has 4 aromatic carbocycles. The van der Waals surface area contributed by atoms with Gasteiger partial charge in [-0.05, 0) is 42.5 Å². The number of thiophene rings is 1. The van der Waals surface area contributed by atoms with Crippen molar-refractivity contribution in [2.24, 2.45) is 0 Å². The molecular weight excluding hydrogens is 370 g/mol. The van der Waals surface area contributed by atoms with Gasteiger partial charge in [0.15, 0.2) is 0 Å². The number of para-hydroxylation sites is 1. The highest BCUT2D eigenvalue weighted by Gasteiger charge is 2.17. The molecule has 0 saturated heterocycles. The fourth-order valence-corrected chi connectivity index (χ4v) is 5.54. The van der Waals surface area contributed by atoms with E-state index in [1.807, 2.05) is 17.4 Å². The molecule has 0 N–H and O–H groups in total. The molecule has 0 aliphatic carbocycles. The van der Waals surface area contributed by atoms with Crippen LogP contribution in [0.1, 0.15) is 0 Å². The zero-order valence-electron chi connectivity index (χ0n) is 14.3. The largest absolute Gasteiger partial charge is 0.309 e. The van der Waals surface area contributed by atoms with Gasteiger partial charge in [0.1, 0.15) is 0 Å². The first-order valence-corrected chi connectivity index (χ1v) is 10.1. The zero-order valence-corrected chi connectivity index (χ0v) is 15.9. The number of hydrogen-bond acceptors (Lipinski definition) is 1. The summed E-state index contributed by atoms with van der Waals surface area (Å²) in [6, 6.07) is 29.9. The van der Waals surface area contributed by atoms with Crippen LogP contribution < -0.4 is 0 Å². The minimum Gasteiger partial charge on any atom is -0.309 e. The Hall–Kier alpha value is -2.81. The summed E-state index contributed by atoms with van der Waals surface area (Å²) in [5.74, 6) is 0. The Balaban J connectivity index is 1.89. The molecule has 0 aliphatic rings. The highest BCUT2D eigenvalue weighted by molar-refractivity contribution is 7.26. The number of nitrogens with zero attached hydrogens (tertiary/aromatic N) is 1. The molecule has 0 spiro atoms. The van der Waals surface area contributed by atoms with Gasteiger partial charge in [0.2, 0.25) is 0 Å². The summed E-state index contributed by atoms with van der Waals surface area (Å²) in [6.07, 6.45) is 0. The third kappa shape index (κ3) is 2.11. The number of aromatic nitrogens is 1. The van der Waals surface area contributed by atoms with E-state index < -0.39 is 0 Å². The van der Waals surface area contributed by atoms with Crippen LogP contribution in [0.4, 0.5) is 0 Å². The molecule has 0 atom stereocenters. The average molecular weight is 384 g/mol. The van der Waals surface area contributed by atoms with Crippen molar-refractivity contribution >= 4 is 64.9 Å². The minimum absolute atomic E-state index is 0.771. The van der Waals surface area contributed by atoms with Gasteiger partial charge in [0.25, 0.3) is 0 Å². The highest BCUT2D eigenvalue weighted by atomic mass is 35.5. The third-order valence-corrected chi connectivity index (χ3v) is 6.69. The SMILES string of the molecule is Clc1ccc2c(c1)c1c3sc4ccccc4c3ccc1n2-c1ccccc1. The average Bonchev–Trinajstić information content (AvgIpc) is 3.23. The number of fused-ring (bicyclic) bond motifs is 7. The Bertz CT molecular complexity index is 1470. The molecule has 2 aromatic heterocycles. The van der Waals surface area contributed by atoms with Gasteiger partial charge in [-0.1, -0.05) is 54.1 Å². The van der Waals surface area contributed by atoms with Crippen LogP contribution in [0.5, 0.6) is 0 Å². The lowest BCUT2D eigenvalue weighted by molar-refractivity contribution is 1.18.